The second-order valence-electron chi connectivity index (χ2n) is 5.04. The molecule has 0 saturated heterocycles. The highest BCUT2D eigenvalue weighted by atomic mass is 32.1. The Hall–Kier alpha value is -2.39. The van der Waals surface area contributed by atoms with Crippen LogP contribution in [0.3, 0.4) is 0 Å². The molecular formula is C16H15N3O2S. The first kappa shape index (κ1) is 14.5. The molecule has 0 bridgehead atoms. The van der Waals surface area contributed by atoms with E-state index in [1.54, 1.807) is 35.6 Å². The number of benzene rings is 1. The minimum Gasteiger partial charge on any atom is -0.482 e. The first-order chi connectivity index (χ1) is 10.8. The fourth-order valence-electron chi connectivity index (χ4n) is 2.39. The summed E-state index contributed by atoms with van der Waals surface area (Å²) in [5, 5.41) is 12.4. The second kappa shape index (κ2) is 6.58. The minimum atomic E-state index is -0.265. The van der Waals surface area contributed by atoms with Gasteiger partial charge in [-0.25, -0.2) is 4.98 Å². The summed E-state index contributed by atoms with van der Waals surface area (Å²) in [5.41, 5.74) is 1.53. The molecule has 1 aromatic heterocycles. The van der Waals surface area contributed by atoms with Crippen LogP contribution < -0.4 is 10.1 Å². The average Bonchev–Trinajstić information content (AvgIpc) is 2.95. The summed E-state index contributed by atoms with van der Waals surface area (Å²) in [5.74, 6) is 0.150. The van der Waals surface area contributed by atoms with Gasteiger partial charge >= 0.3 is 0 Å². The topological polar surface area (TPSA) is 75.0 Å². The van der Waals surface area contributed by atoms with E-state index in [0.29, 0.717) is 16.4 Å². The number of amides is 1. The lowest BCUT2D eigenvalue weighted by Crippen LogP contribution is -2.20. The number of carbonyl (C=O) groups excluding carboxylic acids is 1. The number of para-hydroxylation sites is 1. The standard InChI is InChI=1S/C16H15N3O2S/c17-9-11-5-1-3-7-13(11)21-10-15(20)19-16-18-12-6-2-4-8-14(12)22-16/h1,3,5,7H,2,4,6,8,10H2,(H,18,19,20). The number of aryl methyl sites for hydroxylation is 2. The van der Waals surface area contributed by atoms with Crippen LogP contribution in [0.2, 0.25) is 0 Å². The highest BCUT2D eigenvalue weighted by molar-refractivity contribution is 7.15. The smallest absolute Gasteiger partial charge is 0.264 e. The van der Waals surface area contributed by atoms with E-state index in [4.69, 9.17) is 10.00 Å². The number of rotatable bonds is 4. The average molecular weight is 313 g/mol. The van der Waals surface area contributed by atoms with Crippen molar-refractivity contribution in [3.05, 3.63) is 40.4 Å². The van der Waals surface area contributed by atoms with Gasteiger partial charge in [0.2, 0.25) is 0 Å². The Bertz CT molecular complexity index is 710. The van der Waals surface area contributed by atoms with E-state index in [1.165, 1.54) is 11.3 Å². The number of nitrogens with one attached hydrogen (secondary N) is 1. The molecule has 1 aliphatic carbocycles. The maximum absolute atomic E-state index is 11.9. The molecule has 0 radical (unpaired) electrons. The molecule has 112 valence electrons. The normalized spacial score (nSPS) is 13.0. The monoisotopic (exact) mass is 313 g/mol. The number of nitrogens with zero attached hydrogens (tertiary/aromatic N) is 2. The molecule has 0 fully saturated rings. The number of nitriles is 1. The van der Waals surface area contributed by atoms with Crippen molar-refractivity contribution in [2.75, 3.05) is 11.9 Å². The summed E-state index contributed by atoms with van der Waals surface area (Å²) < 4.78 is 5.41. The van der Waals surface area contributed by atoms with Gasteiger partial charge in [-0.05, 0) is 37.8 Å². The minimum absolute atomic E-state index is 0.136. The lowest BCUT2D eigenvalue weighted by molar-refractivity contribution is -0.118. The Kier molecular flexibility index (Phi) is 4.35. The molecule has 3 rings (SSSR count). The summed E-state index contributed by atoms with van der Waals surface area (Å²) >= 11 is 1.54. The van der Waals surface area contributed by atoms with Crippen molar-refractivity contribution in [3.8, 4) is 11.8 Å². The van der Waals surface area contributed by atoms with Crippen molar-refractivity contribution >= 4 is 22.4 Å². The SMILES string of the molecule is N#Cc1ccccc1OCC(=O)Nc1nc2c(s1)CCCC2. The molecule has 0 aliphatic heterocycles. The van der Waals surface area contributed by atoms with Gasteiger partial charge in [-0.2, -0.15) is 5.26 Å². The molecule has 2 aromatic rings. The largest absolute Gasteiger partial charge is 0.482 e. The lowest BCUT2D eigenvalue weighted by Gasteiger charge is -2.06. The second-order valence-corrected chi connectivity index (χ2v) is 6.12. The fraction of sp³-hybridized carbons (Fsp3) is 0.312. The fourth-order valence-corrected chi connectivity index (χ4v) is 3.45. The summed E-state index contributed by atoms with van der Waals surface area (Å²) in [6.07, 6.45) is 4.40. The van der Waals surface area contributed by atoms with Crippen LogP contribution in [0.4, 0.5) is 5.13 Å². The molecule has 1 heterocycles. The summed E-state index contributed by atoms with van der Waals surface area (Å²) in [6, 6.07) is 8.89. The predicted octanol–water partition coefficient (Wildman–Crippen LogP) is 2.91. The first-order valence-corrected chi connectivity index (χ1v) is 7.98. The van der Waals surface area contributed by atoms with Gasteiger partial charge < -0.3 is 4.74 Å². The van der Waals surface area contributed by atoms with Gasteiger partial charge in [0.25, 0.3) is 5.91 Å². The van der Waals surface area contributed by atoms with E-state index in [2.05, 4.69) is 10.3 Å². The number of hydrogen-bond acceptors (Lipinski definition) is 5. The molecule has 0 atom stereocenters. The third kappa shape index (κ3) is 3.26. The van der Waals surface area contributed by atoms with E-state index in [-0.39, 0.29) is 12.5 Å². The van der Waals surface area contributed by atoms with Crippen LogP contribution in [-0.4, -0.2) is 17.5 Å². The number of ether oxygens (including phenoxy) is 1. The zero-order chi connectivity index (χ0) is 15.4. The lowest BCUT2D eigenvalue weighted by atomic mass is 10.0. The maximum atomic E-state index is 11.9. The van der Waals surface area contributed by atoms with Crippen LogP contribution in [-0.2, 0) is 17.6 Å². The first-order valence-electron chi connectivity index (χ1n) is 7.16. The third-order valence-electron chi connectivity index (χ3n) is 3.46. The predicted molar refractivity (Wildman–Crippen MR) is 84.0 cm³/mol. The molecule has 0 spiro atoms. The number of hydrogen-bond donors (Lipinski definition) is 1. The Balaban J connectivity index is 1.59. The van der Waals surface area contributed by atoms with Crippen LogP contribution in [0, 0.1) is 11.3 Å². The van der Waals surface area contributed by atoms with Gasteiger partial charge in [0.15, 0.2) is 11.7 Å². The van der Waals surface area contributed by atoms with E-state index in [0.717, 1.165) is 25.0 Å². The number of anilines is 1. The van der Waals surface area contributed by atoms with Crippen LogP contribution >= 0.6 is 11.3 Å². The molecule has 5 nitrogen and oxygen atoms in total. The number of aromatic nitrogens is 1. The van der Waals surface area contributed by atoms with Crippen molar-refractivity contribution in [1.82, 2.24) is 4.98 Å². The number of fused-ring (bicyclic) bond motifs is 1. The molecule has 6 heteroatoms. The van der Waals surface area contributed by atoms with Crippen LogP contribution in [0.25, 0.3) is 0 Å². The third-order valence-corrected chi connectivity index (χ3v) is 4.53. The number of carbonyl (C=O) groups is 1. The molecule has 22 heavy (non-hydrogen) atoms. The maximum Gasteiger partial charge on any atom is 0.264 e. The van der Waals surface area contributed by atoms with E-state index < -0.39 is 0 Å². The van der Waals surface area contributed by atoms with Crippen molar-refractivity contribution in [1.29, 1.82) is 5.26 Å². The Morgan fingerprint density at radius 3 is 3.00 bits per heavy atom. The van der Waals surface area contributed by atoms with Crippen molar-refractivity contribution in [2.24, 2.45) is 0 Å². The zero-order valence-electron chi connectivity index (χ0n) is 12.0. The van der Waals surface area contributed by atoms with Crippen molar-refractivity contribution in [3.63, 3.8) is 0 Å². The number of thiazole rings is 1. The van der Waals surface area contributed by atoms with Crippen molar-refractivity contribution in [2.45, 2.75) is 25.7 Å². The van der Waals surface area contributed by atoms with Gasteiger partial charge in [-0.3, -0.25) is 10.1 Å². The summed E-state index contributed by atoms with van der Waals surface area (Å²) in [7, 11) is 0. The van der Waals surface area contributed by atoms with E-state index >= 15 is 0 Å². The van der Waals surface area contributed by atoms with Crippen LogP contribution in [0.1, 0.15) is 29.0 Å². The van der Waals surface area contributed by atoms with Crippen molar-refractivity contribution < 1.29 is 9.53 Å². The zero-order valence-corrected chi connectivity index (χ0v) is 12.8. The van der Waals surface area contributed by atoms with Gasteiger partial charge in [0, 0.05) is 4.88 Å². The summed E-state index contributed by atoms with van der Waals surface area (Å²) in [4.78, 5) is 17.7. The molecule has 0 unspecified atom stereocenters. The highest BCUT2D eigenvalue weighted by Crippen LogP contribution is 2.29. The van der Waals surface area contributed by atoms with Gasteiger partial charge in [0.1, 0.15) is 11.8 Å². The molecule has 1 aliphatic rings. The van der Waals surface area contributed by atoms with E-state index in [1.807, 2.05) is 6.07 Å². The van der Waals surface area contributed by atoms with Crippen LogP contribution in [0.15, 0.2) is 24.3 Å². The van der Waals surface area contributed by atoms with E-state index in [9.17, 15) is 4.79 Å². The van der Waals surface area contributed by atoms with Gasteiger partial charge in [0.05, 0.1) is 11.3 Å². The Morgan fingerprint density at radius 1 is 1.36 bits per heavy atom. The Labute approximate surface area is 132 Å². The molecular weight excluding hydrogens is 298 g/mol. The molecule has 0 saturated carbocycles. The summed E-state index contributed by atoms with van der Waals surface area (Å²) in [6.45, 7) is -0.136. The van der Waals surface area contributed by atoms with Gasteiger partial charge in [-0.15, -0.1) is 11.3 Å². The molecule has 1 aromatic carbocycles. The highest BCUT2D eigenvalue weighted by Gasteiger charge is 2.16. The molecule has 1 N–H and O–H groups in total. The molecule has 1 amide bonds. The quantitative estimate of drug-likeness (QED) is 0.941. The van der Waals surface area contributed by atoms with Gasteiger partial charge in [-0.1, -0.05) is 12.1 Å². The van der Waals surface area contributed by atoms with Crippen LogP contribution in [0.5, 0.6) is 5.75 Å². The Morgan fingerprint density at radius 2 is 2.18 bits per heavy atom.